The van der Waals surface area contributed by atoms with Crippen molar-refractivity contribution in [3.63, 3.8) is 0 Å². The van der Waals surface area contributed by atoms with E-state index in [4.69, 9.17) is 4.42 Å². The van der Waals surface area contributed by atoms with Crippen molar-refractivity contribution in [1.29, 1.82) is 0 Å². The van der Waals surface area contributed by atoms with Crippen LogP contribution in [-0.4, -0.2) is 22.1 Å². The van der Waals surface area contributed by atoms with Crippen LogP contribution in [0.1, 0.15) is 24.9 Å². The molecular weight excluding hydrogens is 284 g/mol. The van der Waals surface area contributed by atoms with Crippen LogP contribution in [0.15, 0.2) is 45.7 Å². The third-order valence-electron chi connectivity index (χ3n) is 3.38. The Balaban J connectivity index is 1.85. The lowest BCUT2D eigenvalue weighted by Gasteiger charge is -2.21. The molecule has 2 aromatic rings. The molecule has 6 heteroatoms. The maximum absolute atomic E-state index is 11.8. The minimum Gasteiger partial charge on any atom is -0.463 e. The van der Waals surface area contributed by atoms with E-state index in [2.05, 4.69) is 5.32 Å². The number of hydrogen-bond donors (Lipinski definition) is 2. The monoisotopic (exact) mass is 304 g/mol. The summed E-state index contributed by atoms with van der Waals surface area (Å²) in [5.74, 6) is 0.869. The molecule has 0 aliphatic rings. The summed E-state index contributed by atoms with van der Waals surface area (Å²) in [7, 11) is 0. The number of pyridine rings is 1. The maximum Gasteiger partial charge on any atom is 0.250 e. The molecule has 0 bridgehead atoms. The van der Waals surface area contributed by atoms with Gasteiger partial charge in [-0.05, 0) is 32.0 Å². The quantitative estimate of drug-likeness (QED) is 0.839. The van der Waals surface area contributed by atoms with Gasteiger partial charge in [-0.3, -0.25) is 9.59 Å². The van der Waals surface area contributed by atoms with Crippen molar-refractivity contribution in [2.45, 2.75) is 32.4 Å². The summed E-state index contributed by atoms with van der Waals surface area (Å²) < 4.78 is 6.84. The van der Waals surface area contributed by atoms with Crippen molar-refractivity contribution in [2.75, 3.05) is 6.54 Å². The zero-order valence-electron chi connectivity index (χ0n) is 12.7. The second-order valence-corrected chi connectivity index (χ2v) is 5.44. The SMILES string of the molecule is Cc1ccc(C(C)(O)CNC(=O)CCn2ccccc2=O)o1. The number of hydrogen-bond acceptors (Lipinski definition) is 4. The second-order valence-electron chi connectivity index (χ2n) is 5.44. The molecular formula is C16H20N2O4. The van der Waals surface area contributed by atoms with Crippen molar-refractivity contribution in [3.05, 3.63) is 58.4 Å². The maximum atomic E-state index is 11.8. The highest BCUT2D eigenvalue weighted by Gasteiger charge is 2.27. The van der Waals surface area contributed by atoms with Crippen LogP contribution in [0.4, 0.5) is 0 Å². The fourth-order valence-corrected chi connectivity index (χ4v) is 2.04. The van der Waals surface area contributed by atoms with Crippen molar-refractivity contribution in [3.8, 4) is 0 Å². The third kappa shape index (κ3) is 4.08. The highest BCUT2D eigenvalue weighted by molar-refractivity contribution is 5.75. The smallest absolute Gasteiger partial charge is 0.250 e. The Labute approximate surface area is 128 Å². The number of aromatic nitrogens is 1. The van der Waals surface area contributed by atoms with Gasteiger partial charge in [0.25, 0.3) is 5.56 Å². The van der Waals surface area contributed by atoms with E-state index in [0.29, 0.717) is 18.1 Å². The molecule has 0 saturated heterocycles. The van der Waals surface area contributed by atoms with E-state index < -0.39 is 5.60 Å². The molecule has 2 heterocycles. The normalized spacial score (nSPS) is 13.6. The van der Waals surface area contributed by atoms with Crippen molar-refractivity contribution >= 4 is 5.91 Å². The molecule has 0 saturated carbocycles. The predicted molar refractivity (Wildman–Crippen MR) is 81.3 cm³/mol. The molecule has 6 nitrogen and oxygen atoms in total. The summed E-state index contributed by atoms with van der Waals surface area (Å²) in [4.78, 5) is 23.4. The first kappa shape index (κ1) is 16.0. The number of furan rings is 1. The highest BCUT2D eigenvalue weighted by Crippen LogP contribution is 2.21. The van der Waals surface area contributed by atoms with E-state index in [1.807, 2.05) is 0 Å². The van der Waals surface area contributed by atoms with Gasteiger partial charge in [-0.1, -0.05) is 6.07 Å². The van der Waals surface area contributed by atoms with Gasteiger partial charge in [0.15, 0.2) is 0 Å². The Bertz CT molecular complexity index is 700. The number of amides is 1. The molecule has 0 aromatic carbocycles. The molecule has 118 valence electrons. The number of aryl methyl sites for hydroxylation is 2. The zero-order valence-corrected chi connectivity index (χ0v) is 12.7. The number of nitrogens with one attached hydrogen (secondary N) is 1. The van der Waals surface area contributed by atoms with E-state index >= 15 is 0 Å². The lowest BCUT2D eigenvalue weighted by atomic mass is 10.0. The average Bonchev–Trinajstić information content (AvgIpc) is 2.92. The van der Waals surface area contributed by atoms with E-state index in [1.165, 1.54) is 10.6 Å². The Morgan fingerprint density at radius 2 is 2.14 bits per heavy atom. The van der Waals surface area contributed by atoms with Gasteiger partial charge in [0.2, 0.25) is 5.91 Å². The first-order valence-electron chi connectivity index (χ1n) is 7.10. The summed E-state index contributed by atoms with van der Waals surface area (Å²) in [6.45, 7) is 3.71. The van der Waals surface area contributed by atoms with Crippen molar-refractivity contribution in [2.24, 2.45) is 0 Å². The van der Waals surface area contributed by atoms with Crippen LogP contribution in [0, 0.1) is 6.92 Å². The Hall–Kier alpha value is -2.34. The molecule has 2 N–H and O–H groups in total. The van der Waals surface area contributed by atoms with E-state index in [0.717, 1.165) is 0 Å². The molecule has 1 atom stereocenters. The van der Waals surface area contributed by atoms with Gasteiger partial charge in [0.1, 0.15) is 17.1 Å². The number of carbonyl (C=O) groups is 1. The molecule has 22 heavy (non-hydrogen) atoms. The van der Waals surface area contributed by atoms with Crippen LogP contribution in [0.25, 0.3) is 0 Å². The molecule has 1 unspecified atom stereocenters. The Morgan fingerprint density at radius 1 is 1.36 bits per heavy atom. The zero-order chi connectivity index (χ0) is 16.2. The number of nitrogens with zero attached hydrogens (tertiary/aromatic N) is 1. The molecule has 0 fully saturated rings. The van der Waals surface area contributed by atoms with Gasteiger partial charge in [0, 0.05) is 25.2 Å². The average molecular weight is 304 g/mol. The largest absolute Gasteiger partial charge is 0.463 e. The van der Waals surface area contributed by atoms with Gasteiger partial charge in [-0.15, -0.1) is 0 Å². The van der Waals surface area contributed by atoms with E-state index in [-0.39, 0.29) is 24.4 Å². The lowest BCUT2D eigenvalue weighted by molar-refractivity contribution is -0.122. The van der Waals surface area contributed by atoms with Crippen LogP contribution in [-0.2, 0) is 16.9 Å². The molecule has 2 aromatic heterocycles. The van der Waals surface area contributed by atoms with Gasteiger partial charge in [-0.25, -0.2) is 0 Å². The van der Waals surface area contributed by atoms with Crippen LogP contribution < -0.4 is 10.9 Å². The summed E-state index contributed by atoms with van der Waals surface area (Å²) >= 11 is 0. The molecule has 2 rings (SSSR count). The first-order valence-corrected chi connectivity index (χ1v) is 7.10. The standard InChI is InChI=1S/C16H20N2O4/c1-12-6-7-13(22-12)16(2,21)11-17-14(19)8-10-18-9-4-3-5-15(18)20/h3-7,9,21H,8,10-11H2,1-2H3,(H,17,19). The van der Waals surface area contributed by atoms with Crippen molar-refractivity contribution < 1.29 is 14.3 Å². The molecule has 0 aliphatic heterocycles. The molecule has 0 aliphatic carbocycles. The van der Waals surface area contributed by atoms with Gasteiger partial charge in [0.05, 0.1) is 6.54 Å². The summed E-state index contributed by atoms with van der Waals surface area (Å²) in [6.07, 6.45) is 1.80. The molecule has 1 amide bonds. The lowest BCUT2D eigenvalue weighted by Crippen LogP contribution is -2.38. The van der Waals surface area contributed by atoms with E-state index in [1.54, 1.807) is 44.3 Å². The second kappa shape index (κ2) is 6.62. The van der Waals surface area contributed by atoms with E-state index in [9.17, 15) is 14.7 Å². The Kier molecular flexibility index (Phi) is 4.82. The minimum atomic E-state index is -1.27. The van der Waals surface area contributed by atoms with Gasteiger partial charge >= 0.3 is 0 Å². The van der Waals surface area contributed by atoms with Gasteiger partial charge < -0.3 is 19.4 Å². The fraction of sp³-hybridized carbons (Fsp3) is 0.375. The summed E-state index contributed by atoms with van der Waals surface area (Å²) in [6, 6.07) is 8.28. The third-order valence-corrected chi connectivity index (χ3v) is 3.38. The predicted octanol–water partition coefficient (Wildman–Crippen LogP) is 1.16. The topological polar surface area (TPSA) is 84.5 Å². The summed E-state index contributed by atoms with van der Waals surface area (Å²) in [5, 5.41) is 13.0. The molecule has 0 radical (unpaired) electrons. The van der Waals surface area contributed by atoms with Crippen molar-refractivity contribution in [1.82, 2.24) is 9.88 Å². The number of aliphatic hydroxyl groups is 1. The van der Waals surface area contributed by atoms with Crippen LogP contribution in [0.5, 0.6) is 0 Å². The minimum absolute atomic E-state index is 0.0441. The first-order chi connectivity index (χ1) is 10.4. The number of rotatable bonds is 6. The highest BCUT2D eigenvalue weighted by atomic mass is 16.4. The summed E-state index contributed by atoms with van der Waals surface area (Å²) in [5.41, 5.74) is -1.42. The van der Waals surface area contributed by atoms with Crippen LogP contribution >= 0.6 is 0 Å². The van der Waals surface area contributed by atoms with Crippen LogP contribution in [0.2, 0.25) is 0 Å². The van der Waals surface area contributed by atoms with Crippen LogP contribution in [0.3, 0.4) is 0 Å². The fourth-order valence-electron chi connectivity index (χ4n) is 2.04. The Morgan fingerprint density at radius 3 is 2.77 bits per heavy atom. The molecule has 0 spiro atoms. The number of carbonyl (C=O) groups excluding carboxylic acids is 1. The van der Waals surface area contributed by atoms with Gasteiger partial charge in [-0.2, -0.15) is 0 Å².